The Kier molecular flexibility index (Phi) is 3.32. The van der Waals surface area contributed by atoms with Crippen LogP contribution in [-0.4, -0.2) is 24.7 Å². The predicted octanol–water partition coefficient (Wildman–Crippen LogP) is 0.549. The topological polar surface area (TPSA) is 38.3 Å². The van der Waals surface area contributed by atoms with Crippen LogP contribution in [0.3, 0.4) is 0 Å². The number of hydrogen-bond donors (Lipinski definition) is 1. The SMILES string of the molecule is C#CCNC(=O)C1OC(C)CC1C. The van der Waals surface area contributed by atoms with E-state index >= 15 is 0 Å². The molecule has 3 unspecified atom stereocenters. The Bertz CT molecular complexity index is 232. The number of ether oxygens (including phenoxy) is 1. The molecular formula is C10H15NO2. The molecule has 3 atom stereocenters. The fourth-order valence-electron chi connectivity index (χ4n) is 1.65. The highest BCUT2D eigenvalue weighted by molar-refractivity contribution is 5.81. The van der Waals surface area contributed by atoms with Crippen molar-refractivity contribution in [2.75, 3.05) is 6.54 Å². The summed E-state index contributed by atoms with van der Waals surface area (Å²) < 4.78 is 5.45. The minimum Gasteiger partial charge on any atom is -0.365 e. The minimum absolute atomic E-state index is 0.0881. The number of carbonyl (C=O) groups is 1. The Morgan fingerprint density at radius 3 is 2.85 bits per heavy atom. The van der Waals surface area contributed by atoms with Gasteiger partial charge in [0.05, 0.1) is 12.6 Å². The number of amides is 1. The van der Waals surface area contributed by atoms with E-state index in [9.17, 15) is 4.79 Å². The molecule has 0 aromatic rings. The number of rotatable bonds is 2. The molecule has 1 aliphatic heterocycles. The van der Waals surface area contributed by atoms with Crippen LogP contribution in [0.25, 0.3) is 0 Å². The summed E-state index contributed by atoms with van der Waals surface area (Å²) in [5.74, 6) is 2.56. The standard InChI is InChI=1S/C10H15NO2/c1-4-5-11-10(12)9-7(2)6-8(3)13-9/h1,7-9H,5-6H2,2-3H3,(H,11,12). The maximum Gasteiger partial charge on any atom is 0.250 e. The number of nitrogens with one attached hydrogen (secondary N) is 1. The quantitative estimate of drug-likeness (QED) is 0.632. The molecule has 1 saturated heterocycles. The molecule has 0 aromatic heterocycles. The van der Waals surface area contributed by atoms with E-state index in [1.54, 1.807) is 0 Å². The van der Waals surface area contributed by atoms with E-state index in [0.717, 1.165) is 6.42 Å². The van der Waals surface area contributed by atoms with E-state index in [2.05, 4.69) is 11.2 Å². The van der Waals surface area contributed by atoms with Gasteiger partial charge in [-0.3, -0.25) is 4.79 Å². The van der Waals surface area contributed by atoms with E-state index in [4.69, 9.17) is 11.2 Å². The van der Waals surface area contributed by atoms with Gasteiger partial charge in [-0.1, -0.05) is 12.8 Å². The van der Waals surface area contributed by atoms with Crippen molar-refractivity contribution in [2.45, 2.75) is 32.5 Å². The Morgan fingerprint density at radius 1 is 1.69 bits per heavy atom. The average Bonchev–Trinajstić information content (AvgIpc) is 2.41. The summed E-state index contributed by atoms with van der Waals surface area (Å²) in [6, 6.07) is 0. The Hall–Kier alpha value is -1.01. The van der Waals surface area contributed by atoms with Crippen LogP contribution < -0.4 is 5.32 Å². The lowest BCUT2D eigenvalue weighted by molar-refractivity contribution is -0.132. The molecule has 72 valence electrons. The summed E-state index contributed by atoms with van der Waals surface area (Å²) in [7, 11) is 0. The summed E-state index contributed by atoms with van der Waals surface area (Å²) in [6.45, 7) is 4.27. The first-order valence-electron chi connectivity index (χ1n) is 4.51. The van der Waals surface area contributed by atoms with E-state index in [1.165, 1.54) is 0 Å². The molecule has 1 fully saturated rings. The van der Waals surface area contributed by atoms with E-state index in [1.807, 2.05) is 13.8 Å². The Labute approximate surface area is 78.8 Å². The highest BCUT2D eigenvalue weighted by Crippen LogP contribution is 2.25. The van der Waals surface area contributed by atoms with Crippen molar-refractivity contribution >= 4 is 5.91 Å². The molecule has 3 heteroatoms. The molecule has 0 saturated carbocycles. The van der Waals surface area contributed by atoms with Gasteiger partial charge in [0.25, 0.3) is 0 Å². The van der Waals surface area contributed by atoms with Crippen LogP contribution >= 0.6 is 0 Å². The van der Waals surface area contributed by atoms with Crippen LogP contribution in [0.15, 0.2) is 0 Å². The van der Waals surface area contributed by atoms with Gasteiger partial charge in [0, 0.05) is 0 Å². The first-order chi connectivity index (χ1) is 6.15. The molecular weight excluding hydrogens is 166 g/mol. The van der Waals surface area contributed by atoms with Crippen molar-refractivity contribution in [1.29, 1.82) is 0 Å². The first-order valence-corrected chi connectivity index (χ1v) is 4.51. The number of terminal acetylenes is 1. The van der Waals surface area contributed by atoms with Gasteiger partial charge in [-0.2, -0.15) is 0 Å². The van der Waals surface area contributed by atoms with E-state index in [0.29, 0.717) is 0 Å². The zero-order valence-corrected chi connectivity index (χ0v) is 8.04. The second-order valence-electron chi connectivity index (χ2n) is 3.50. The van der Waals surface area contributed by atoms with Crippen molar-refractivity contribution < 1.29 is 9.53 Å². The molecule has 3 nitrogen and oxygen atoms in total. The largest absolute Gasteiger partial charge is 0.365 e. The Morgan fingerprint density at radius 2 is 2.38 bits per heavy atom. The van der Waals surface area contributed by atoms with Crippen molar-refractivity contribution in [3.8, 4) is 12.3 Å². The van der Waals surface area contributed by atoms with Gasteiger partial charge in [0.1, 0.15) is 6.10 Å². The number of carbonyl (C=O) groups excluding carboxylic acids is 1. The summed E-state index contributed by atoms with van der Waals surface area (Å²) in [5.41, 5.74) is 0. The van der Waals surface area contributed by atoms with Crippen molar-refractivity contribution in [2.24, 2.45) is 5.92 Å². The van der Waals surface area contributed by atoms with Gasteiger partial charge in [0.2, 0.25) is 5.91 Å². The molecule has 0 spiro atoms. The Balaban J connectivity index is 2.43. The van der Waals surface area contributed by atoms with Crippen LogP contribution in [0.4, 0.5) is 0 Å². The summed E-state index contributed by atoms with van der Waals surface area (Å²) in [6.07, 6.45) is 5.83. The second-order valence-corrected chi connectivity index (χ2v) is 3.50. The van der Waals surface area contributed by atoms with Gasteiger partial charge in [-0.05, 0) is 19.3 Å². The summed E-state index contributed by atoms with van der Waals surface area (Å²) >= 11 is 0. The van der Waals surface area contributed by atoms with Gasteiger partial charge in [-0.25, -0.2) is 0 Å². The molecule has 0 aliphatic carbocycles. The van der Waals surface area contributed by atoms with Crippen molar-refractivity contribution in [3.63, 3.8) is 0 Å². The third-order valence-electron chi connectivity index (χ3n) is 2.22. The fraction of sp³-hybridized carbons (Fsp3) is 0.700. The van der Waals surface area contributed by atoms with Gasteiger partial charge >= 0.3 is 0 Å². The summed E-state index contributed by atoms with van der Waals surface area (Å²) in [4.78, 5) is 11.4. The normalized spacial score (nSPS) is 32.5. The van der Waals surface area contributed by atoms with Gasteiger partial charge in [-0.15, -0.1) is 6.42 Å². The number of hydrogen-bond acceptors (Lipinski definition) is 2. The third-order valence-corrected chi connectivity index (χ3v) is 2.22. The lowest BCUT2D eigenvalue weighted by Crippen LogP contribution is -2.37. The zero-order valence-electron chi connectivity index (χ0n) is 8.04. The van der Waals surface area contributed by atoms with Gasteiger partial charge < -0.3 is 10.1 Å². The van der Waals surface area contributed by atoms with Crippen LogP contribution in [0.5, 0.6) is 0 Å². The molecule has 0 aromatic carbocycles. The average molecular weight is 181 g/mol. The fourth-order valence-corrected chi connectivity index (χ4v) is 1.65. The lowest BCUT2D eigenvalue weighted by atomic mass is 10.0. The third kappa shape index (κ3) is 2.46. The molecule has 1 aliphatic rings. The zero-order chi connectivity index (χ0) is 9.84. The summed E-state index contributed by atoms with van der Waals surface area (Å²) in [5, 5.41) is 2.63. The maximum absolute atomic E-state index is 11.4. The van der Waals surface area contributed by atoms with Crippen LogP contribution in [0, 0.1) is 18.3 Å². The van der Waals surface area contributed by atoms with Crippen LogP contribution in [0.2, 0.25) is 0 Å². The van der Waals surface area contributed by atoms with E-state index < -0.39 is 0 Å². The monoisotopic (exact) mass is 181 g/mol. The molecule has 13 heavy (non-hydrogen) atoms. The predicted molar refractivity (Wildman–Crippen MR) is 50.0 cm³/mol. The molecule has 0 radical (unpaired) electrons. The molecule has 1 heterocycles. The second kappa shape index (κ2) is 4.29. The first kappa shape index (κ1) is 10.1. The molecule has 1 N–H and O–H groups in total. The molecule has 0 bridgehead atoms. The maximum atomic E-state index is 11.4. The smallest absolute Gasteiger partial charge is 0.250 e. The van der Waals surface area contributed by atoms with E-state index in [-0.39, 0.29) is 30.6 Å². The van der Waals surface area contributed by atoms with Crippen LogP contribution in [0.1, 0.15) is 20.3 Å². The molecule has 1 rings (SSSR count). The van der Waals surface area contributed by atoms with Crippen molar-refractivity contribution in [1.82, 2.24) is 5.32 Å². The van der Waals surface area contributed by atoms with Crippen LogP contribution in [-0.2, 0) is 9.53 Å². The van der Waals surface area contributed by atoms with Crippen molar-refractivity contribution in [3.05, 3.63) is 0 Å². The molecule has 1 amide bonds. The van der Waals surface area contributed by atoms with Gasteiger partial charge in [0.15, 0.2) is 0 Å². The lowest BCUT2D eigenvalue weighted by Gasteiger charge is -2.13. The highest BCUT2D eigenvalue weighted by atomic mass is 16.5. The minimum atomic E-state index is -0.316. The highest BCUT2D eigenvalue weighted by Gasteiger charge is 2.34.